The number of hydrogen-bond donors (Lipinski definition) is 1. The molecular formula is C13H26N2O3. The second kappa shape index (κ2) is 8.45. The molecule has 1 fully saturated rings. The molecule has 1 N–H and O–H groups in total. The van der Waals surface area contributed by atoms with Crippen LogP contribution in [0.5, 0.6) is 0 Å². The lowest BCUT2D eigenvalue weighted by atomic mass is 10.2. The van der Waals surface area contributed by atoms with Gasteiger partial charge in [-0.15, -0.1) is 0 Å². The Morgan fingerprint density at radius 3 is 2.67 bits per heavy atom. The van der Waals surface area contributed by atoms with Crippen molar-refractivity contribution in [3.8, 4) is 0 Å². The summed E-state index contributed by atoms with van der Waals surface area (Å²) in [5, 5.41) is 3.36. The molecule has 1 aliphatic carbocycles. The summed E-state index contributed by atoms with van der Waals surface area (Å²) in [6.07, 6.45) is 2.33. The Kier molecular flexibility index (Phi) is 7.23. The van der Waals surface area contributed by atoms with E-state index in [1.54, 1.807) is 7.11 Å². The topological polar surface area (TPSA) is 50.8 Å². The van der Waals surface area contributed by atoms with Gasteiger partial charge in [-0.3, -0.25) is 9.69 Å². The molecule has 0 aromatic carbocycles. The van der Waals surface area contributed by atoms with Crippen molar-refractivity contribution < 1.29 is 14.3 Å². The highest BCUT2D eigenvalue weighted by atomic mass is 16.5. The molecule has 5 heteroatoms. The third-order valence-corrected chi connectivity index (χ3v) is 3.08. The standard InChI is InChI=1S/C13H26N2O3/c1-4-15(8-9-17-3)10-12(13(16)18-5-2)14-11-6-7-11/h11-12,14H,4-10H2,1-3H3. The lowest BCUT2D eigenvalue weighted by Gasteiger charge is -2.25. The van der Waals surface area contributed by atoms with Crippen LogP contribution in [0.15, 0.2) is 0 Å². The predicted molar refractivity (Wildman–Crippen MR) is 70.6 cm³/mol. The third kappa shape index (κ3) is 5.80. The van der Waals surface area contributed by atoms with Crippen LogP contribution in [-0.4, -0.2) is 62.9 Å². The van der Waals surface area contributed by atoms with Gasteiger partial charge in [0.15, 0.2) is 0 Å². The largest absolute Gasteiger partial charge is 0.465 e. The highest BCUT2D eigenvalue weighted by Crippen LogP contribution is 2.19. The zero-order valence-electron chi connectivity index (χ0n) is 11.8. The SMILES string of the molecule is CCOC(=O)C(CN(CC)CCOC)NC1CC1. The van der Waals surface area contributed by atoms with E-state index < -0.39 is 0 Å². The number of carbonyl (C=O) groups excluding carboxylic acids is 1. The van der Waals surface area contributed by atoms with E-state index in [4.69, 9.17) is 9.47 Å². The van der Waals surface area contributed by atoms with Crippen LogP contribution in [0.1, 0.15) is 26.7 Å². The molecule has 0 aliphatic heterocycles. The Morgan fingerprint density at radius 2 is 2.17 bits per heavy atom. The molecule has 1 atom stereocenters. The normalized spacial score (nSPS) is 16.9. The highest BCUT2D eigenvalue weighted by Gasteiger charge is 2.30. The Bertz CT molecular complexity index is 244. The minimum atomic E-state index is -0.214. The van der Waals surface area contributed by atoms with Gasteiger partial charge in [0.05, 0.1) is 13.2 Å². The number of carbonyl (C=O) groups is 1. The molecule has 18 heavy (non-hydrogen) atoms. The molecule has 0 saturated heterocycles. The van der Waals surface area contributed by atoms with Crippen LogP contribution in [0.3, 0.4) is 0 Å². The summed E-state index contributed by atoms with van der Waals surface area (Å²) in [6.45, 7) is 7.50. The monoisotopic (exact) mass is 258 g/mol. The molecule has 0 spiro atoms. The van der Waals surface area contributed by atoms with Crippen molar-refractivity contribution in [3.63, 3.8) is 0 Å². The summed E-state index contributed by atoms with van der Waals surface area (Å²) < 4.78 is 10.2. The molecule has 0 radical (unpaired) electrons. The van der Waals surface area contributed by atoms with Crippen molar-refractivity contribution in [2.75, 3.05) is 40.0 Å². The minimum Gasteiger partial charge on any atom is -0.465 e. The van der Waals surface area contributed by atoms with Crippen LogP contribution in [0, 0.1) is 0 Å². The Morgan fingerprint density at radius 1 is 1.44 bits per heavy atom. The molecule has 0 heterocycles. The van der Waals surface area contributed by atoms with Gasteiger partial charge in [-0.2, -0.15) is 0 Å². The van der Waals surface area contributed by atoms with E-state index in [1.807, 2.05) is 6.92 Å². The number of nitrogens with zero attached hydrogens (tertiary/aromatic N) is 1. The van der Waals surface area contributed by atoms with E-state index in [2.05, 4.69) is 17.1 Å². The molecule has 1 saturated carbocycles. The van der Waals surface area contributed by atoms with E-state index in [9.17, 15) is 4.79 Å². The van der Waals surface area contributed by atoms with Gasteiger partial charge >= 0.3 is 5.97 Å². The Hall–Kier alpha value is -0.650. The number of nitrogens with one attached hydrogen (secondary N) is 1. The summed E-state index contributed by atoms with van der Waals surface area (Å²) in [6, 6.07) is 0.287. The Balaban J connectivity index is 2.43. The van der Waals surface area contributed by atoms with Crippen LogP contribution in [0.4, 0.5) is 0 Å². The maximum absolute atomic E-state index is 11.9. The first kappa shape index (κ1) is 15.4. The number of rotatable bonds is 10. The maximum Gasteiger partial charge on any atom is 0.324 e. The van der Waals surface area contributed by atoms with Crippen LogP contribution in [0.2, 0.25) is 0 Å². The maximum atomic E-state index is 11.9. The fourth-order valence-corrected chi connectivity index (χ4v) is 1.83. The highest BCUT2D eigenvalue weighted by molar-refractivity contribution is 5.76. The number of methoxy groups -OCH3 is 1. The number of hydrogen-bond acceptors (Lipinski definition) is 5. The van der Waals surface area contributed by atoms with Gasteiger partial charge in [0.25, 0.3) is 0 Å². The van der Waals surface area contributed by atoms with Crippen LogP contribution < -0.4 is 5.32 Å². The van der Waals surface area contributed by atoms with Crippen molar-refractivity contribution in [3.05, 3.63) is 0 Å². The number of likely N-dealkylation sites (N-methyl/N-ethyl adjacent to an activating group) is 1. The lowest BCUT2D eigenvalue weighted by molar-refractivity contribution is -0.146. The minimum absolute atomic E-state index is 0.139. The van der Waals surface area contributed by atoms with Crippen molar-refractivity contribution in [1.82, 2.24) is 10.2 Å². The van der Waals surface area contributed by atoms with Crippen LogP contribution in [-0.2, 0) is 14.3 Å². The van der Waals surface area contributed by atoms with Gasteiger partial charge < -0.3 is 14.8 Å². The molecular weight excluding hydrogens is 232 g/mol. The lowest BCUT2D eigenvalue weighted by Crippen LogP contribution is -2.48. The van der Waals surface area contributed by atoms with E-state index >= 15 is 0 Å². The van der Waals surface area contributed by atoms with E-state index in [0.717, 1.165) is 13.1 Å². The van der Waals surface area contributed by atoms with Crippen molar-refractivity contribution in [1.29, 1.82) is 0 Å². The third-order valence-electron chi connectivity index (χ3n) is 3.08. The van der Waals surface area contributed by atoms with Gasteiger partial charge in [0.1, 0.15) is 6.04 Å². The van der Waals surface area contributed by atoms with Crippen LogP contribution >= 0.6 is 0 Å². The zero-order chi connectivity index (χ0) is 13.4. The molecule has 1 unspecified atom stereocenters. The first-order valence-corrected chi connectivity index (χ1v) is 6.85. The average molecular weight is 258 g/mol. The summed E-state index contributed by atoms with van der Waals surface area (Å²) in [4.78, 5) is 14.1. The molecule has 5 nitrogen and oxygen atoms in total. The molecule has 0 aromatic rings. The molecule has 1 aliphatic rings. The van der Waals surface area contributed by atoms with E-state index in [1.165, 1.54) is 12.8 Å². The number of esters is 1. The summed E-state index contributed by atoms with van der Waals surface area (Å²) >= 11 is 0. The zero-order valence-corrected chi connectivity index (χ0v) is 11.8. The van der Waals surface area contributed by atoms with Gasteiger partial charge in [-0.1, -0.05) is 6.92 Å². The summed E-state index contributed by atoms with van der Waals surface area (Å²) in [7, 11) is 1.69. The van der Waals surface area contributed by atoms with Crippen molar-refractivity contribution in [2.24, 2.45) is 0 Å². The van der Waals surface area contributed by atoms with E-state index in [0.29, 0.717) is 25.8 Å². The Labute approximate surface area is 110 Å². The molecule has 0 aromatic heterocycles. The number of ether oxygens (including phenoxy) is 2. The quantitative estimate of drug-likeness (QED) is 0.583. The second-order valence-corrected chi connectivity index (χ2v) is 4.63. The molecule has 0 amide bonds. The second-order valence-electron chi connectivity index (χ2n) is 4.63. The predicted octanol–water partition coefficient (Wildman–Crippen LogP) is 0.638. The van der Waals surface area contributed by atoms with Gasteiger partial charge in [-0.25, -0.2) is 0 Å². The first-order chi connectivity index (χ1) is 8.71. The first-order valence-electron chi connectivity index (χ1n) is 6.85. The molecule has 0 bridgehead atoms. The van der Waals surface area contributed by atoms with Gasteiger partial charge in [0, 0.05) is 26.2 Å². The fraction of sp³-hybridized carbons (Fsp3) is 0.923. The van der Waals surface area contributed by atoms with Gasteiger partial charge in [-0.05, 0) is 26.3 Å². The summed E-state index contributed by atoms with van der Waals surface area (Å²) in [5.41, 5.74) is 0. The van der Waals surface area contributed by atoms with Crippen LogP contribution in [0.25, 0.3) is 0 Å². The van der Waals surface area contributed by atoms with Gasteiger partial charge in [0.2, 0.25) is 0 Å². The van der Waals surface area contributed by atoms with Crippen molar-refractivity contribution >= 4 is 5.97 Å². The molecule has 1 rings (SSSR count). The molecule has 106 valence electrons. The smallest absolute Gasteiger partial charge is 0.324 e. The van der Waals surface area contributed by atoms with Crippen molar-refractivity contribution in [2.45, 2.75) is 38.8 Å². The fourth-order valence-electron chi connectivity index (χ4n) is 1.83. The average Bonchev–Trinajstić information content (AvgIpc) is 3.17. The summed E-state index contributed by atoms with van der Waals surface area (Å²) in [5.74, 6) is -0.139. The van der Waals surface area contributed by atoms with E-state index in [-0.39, 0.29) is 12.0 Å².